The van der Waals surface area contributed by atoms with Crippen molar-refractivity contribution in [2.24, 2.45) is 0 Å². The molecule has 168 valence electrons. The molecule has 3 aromatic carbocycles. The number of hydrogen-bond donors (Lipinski definition) is 1. The summed E-state index contributed by atoms with van der Waals surface area (Å²) in [6.45, 7) is 5.13. The fourth-order valence-corrected chi connectivity index (χ4v) is 5.25. The van der Waals surface area contributed by atoms with E-state index in [1.165, 1.54) is 7.11 Å². The van der Waals surface area contributed by atoms with Crippen LogP contribution < -0.4 is 14.4 Å². The van der Waals surface area contributed by atoms with Crippen molar-refractivity contribution >= 4 is 38.9 Å². The molecule has 0 aliphatic heterocycles. The van der Waals surface area contributed by atoms with Crippen LogP contribution in [0.4, 0.5) is 11.4 Å². The predicted octanol–water partition coefficient (Wildman–Crippen LogP) is 5.11. The lowest BCUT2D eigenvalue weighted by molar-refractivity contribution is -0.114. The number of anilines is 2. The van der Waals surface area contributed by atoms with Gasteiger partial charge in [0.1, 0.15) is 17.2 Å². The topological polar surface area (TPSA) is 75.7 Å². The Morgan fingerprint density at radius 1 is 0.969 bits per heavy atom. The molecule has 0 aliphatic rings. The SMILES string of the molecule is COc1ccc(C)cc1S(=O)(=O)N(CC(=O)Nc1cccc(Cl)c1)c1cc(C)cc(C)c1. The quantitative estimate of drug-likeness (QED) is 0.518. The van der Waals surface area contributed by atoms with Crippen LogP contribution in [0, 0.1) is 20.8 Å². The molecule has 0 heterocycles. The van der Waals surface area contributed by atoms with Gasteiger partial charge in [0.2, 0.25) is 5.91 Å². The van der Waals surface area contributed by atoms with Crippen LogP contribution in [0.5, 0.6) is 5.75 Å². The molecule has 6 nitrogen and oxygen atoms in total. The molecule has 0 aliphatic carbocycles. The molecule has 0 bridgehead atoms. The number of amides is 1. The molecule has 0 aromatic heterocycles. The number of nitrogens with one attached hydrogen (secondary N) is 1. The highest BCUT2D eigenvalue weighted by Gasteiger charge is 2.30. The van der Waals surface area contributed by atoms with Crippen LogP contribution in [0.3, 0.4) is 0 Å². The van der Waals surface area contributed by atoms with Gasteiger partial charge in [-0.1, -0.05) is 29.8 Å². The van der Waals surface area contributed by atoms with Gasteiger partial charge in [-0.25, -0.2) is 8.42 Å². The number of rotatable bonds is 7. The summed E-state index contributed by atoms with van der Waals surface area (Å²) in [4.78, 5) is 12.9. The molecule has 0 saturated carbocycles. The molecule has 8 heteroatoms. The van der Waals surface area contributed by atoms with Gasteiger partial charge in [-0.3, -0.25) is 9.10 Å². The molecule has 32 heavy (non-hydrogen) atoms. The number of sulfonamides is 1. The van der Waals surface area contributed by atoms with E-state index in [9.17, 15) is 13.2 Å². The van der Waals surface area contributed by atoms with Crippen molar-refractivity contribution in [3.63, 3.8) is 0 Å². The largest absolute Gasteiger partial charge is 0.495 e. The summed E-state index contributed by atoms with van der Waals surface area (Å²) in [7, 11) is -2.71. The Morgan fingerprint density at radius 2 is 1.66 bits per heavy atom. The Bertz CT molecular complexity index is 1240. The average molecular weight is 473 g/mol. The fraction of sp³-hybridized carbons (Fsp3) is 0.208. The lowest BCUT2D eigenvalue weighted by atomic mass is 10.1. The lowest BCUT2D eigenvalue weighted by Crippen LogP contribution is -2.38. The minimum atomic E-state index is -4.13. The van der Waals surface area contributed by atoms with E-state index in [0.717, 1.165) is 21.0 Å². The van der Waals surface area contributed by atoms with Crippen LogP contribution in [0.1, 0.15) is 16.7 Å². The fourth-order valence-electron chi connectivity index (χ4n) is 3.41. The second-order valence-electron chi connectivity index (χ2n) is 7.57. The summed E-state index contributed by atoms with van der Waals surface area (Å²) in [5.74, 6) is -0.290. The monoisotopic (exact) mass is 472 g/mol. The van der Waals surface area contributed by atoms with Gasteiger partial charge in [0.15, 0.2) is 0 Å². The van der Waals surface area contributed by atoms with Crippen molar-refractivity contribution in [1.29, 1.82) is 0 Å². The number of benzene rings is 3. The number of aryl methyl sites for hydroxylation is 3. The Kier molecular flexibility index (Phi) is 7.11. The van der Waals surface area contributed by atoms with Crippen LogP contribution in [0.15, 0.2) is 65.6 Å². The van der Waals surface area contributed by atoms with Crippen molar-refractivity contribution in [1.82, 2.24) is 0 Å². The van der Waals surface area contributed by atoms with Crippen LogP contribution in [0.2, 0.25) is 5.02 Å². The van der Waals surface area contributed by atoms with E-state index in [1.54, 1.807) is 61.5 Å². The van der Waals surface area contributed by atoms with Crippen molar-refractivity contribution in [2.45, 2.75) is 25.7 Å². The van der Waals surface area contributed by atoms with E-state index in [2.05, 4.69) is 5.32 Å². The normalized spacial score (nSPS) is 11.2. The highest BCUT2D eigenvalue weighted by Crippen LogP contribution is 2.32. The number of halogens is 1. The van der Waals surface area contributed by atoms with E-state index >= 15 is 0 Å². The molecular weight excluding hydrogens is 448 g/mol. The molecule has 0 radical (unpaired) electrons. The zero-order valence-corrected chi connectivity index (χ0v) is 19.9. The van der Waals surface area contributed by atoms with Crippen molar-refractivity contribution < 1.29 is 17.9 Å². The van der Waals surface area contributed by atoms with Gasteiger partial charge >= 0.3 is 0 Å². The van der Waals surface area contributed by atoms with Gasteiger partial charge in [0.25, 0.3) is 10.0 Å². The number of hydrogen-bond acceptors (Lipinski definition) is 4. The molecule has 1 N–H and O–H groups in total. The molecular formula is C24H25ClN2O4S. The van der Waals surface area contributed by atoms with Crippen LogP contribution in [0.25, 0.3) is 0 Å². The van der Waals surface area contributed by atoms with E-state index in [0.29, 0.717) is 16.4 Å². The molecule has 1 amide bonds. The summed E-state index contributed by atoms with van der Waals surface area (Å²) in [5, 5.41) is 3.18. The first-order valence-corrected chi connectivity index (χ1v) is 11.7. The molecule has 0 spiro atoms. The van der Waals surface area contributed by atoms with Crippen LogP contribution >= 0.6 is 11.6 Å². The maximum absolute atomic E-state index is 13.8. The zero-order chi connectivity index (χ0) is 23.5. The Morgan fingerprint density at radius 3 is 2.28 bits per heavy atom. The molecule has 0 fully saturated rings. The molecule has 0 unspecified atom stereocenters. The molecule has 3 aromatic rings. The highest BCUT2D eigenvalue weighted by atomic mass is 35.5. The standard InChI is InChI=1S/C24H25ClN2O4S/c1-16-8-9-22(31-4)23(13-16)32(29,30)27(21-11-17(2)10-18(3)12-21)15-24(28)26-20-7-5-6-19(25)14-20/h5-14H,15H2,1-4H3,(H,26,28). The zero-order valence-electron chi connectivity index (χ0n) is 18.3. The molecule has 0 saturated heterocycles. The number of carbonyl (C=O) groups excluding carboxylic acids is 1. The summed E-state index contributed by atoms with van der Waals surface area (Å²) in [5.41, 5.74) is 3.40. The third-order valence-corrected chi connectivity index (χ3v) is 6.81. The minimum absolute atomic E-state index is 0.00489. The first-order valence-electron chi connectivity index (χ1n) is 9.91. The van der Waals surface area contributed by atoms with E-state index in [4.69, 9.17) is 16.3 Å². The van der Waals surface area contributed by atoms with Gasteiger partial charge in [0.05, 0.1) is 12.8 Å². The smallest absolute Gasteiger partial charge is 0.268 e. The van der Waals surface area contributed by atoms with Gasteiger partial charge in [0, 0.05) is 10.7 Å². The molecule has 3 rings (SSSR count). The van der Waals surface area contributed by atoms with Crippen LogP contribution in [-0.4, -0.2) is 28.0 Å². The lowest BCUT2D eigenvalue weighted by Gasteiger charge is -2.26. The van der Waals surface area contributed by atoms with Crippen molar-refractivity contribution in [2.75, 3.05) is 23.3 Å². The summed E-state index contributed by atoms with van der Waals surface area (Å²) >= 11 is 5.99. The Labute approximate surface area is 193 Å². The van der Waals surface area contributed by atoms with Gasteiger partial charge in [-0.15, -0.1) is 0 Å². The maximum Gasteiger partial charge on any atom is 0.268 e. The van der Waals surface area contributed by atoms with Crippen molar-refractivity contribution in [3.8, 4) is 5.75 Å². The van der Waals surface area contributed by atoms with Gasteiger partial charge in [-0.05, 0) is 79.9 Å². The first kappa shape index (κ1) is 23.6. The van der Waals surface area contributed by atoms with E-state index in [1.807, 2.05) is 19.9 Å². The Balaban J connectivity index is 2.06. The second kappa shape index (κ2) is 9.63. The van der Waals surface area contributed by atoms with Gasteiger partial charge < -0.3 is 10.1 Å². The number of nitrogens with zero attached hydrogens (tertiary/aromatic N) is 1. The number of methoxy groups -OCH3 is 1. The van der Waals surface area contributed by atoms with Crippen molar-refractivity contribution in [3.05, 3.63) is 82.4 Å². The summed E-state index contributed by atoms with van der Waals surface area (Å²) < 4.78 is 34.0. The maximum atomic E-state index is 13.8. The number of ether oxygens (including phenoxy) is 1. The Hall–Kier alpha value is -3.03. The summed E-state index contributed by atoms with van der Waals surface area (Å²) in [6.07, 6.45) is 0. The van der Waals surface area contributed by atoms with Gasteiger partial charge in [-0.2, -0.15) is 0 Å². The summed E-state index contributed by atoms with van der Waals surface area (Å²) in [6, 6.07) is 17.0. The third-order valence-electron chi connectivity index (χ3n) is 4.78. The minimum Gasteiger partial charge on any atom is -0.495 e. The van der Waals surface area contributed by atoms with Crippen LogP contribution in [-0.2, 0) is 14.8 Å². The third kappa shape index (κ3) is 5.41. The first-order chi connectivity index (χ1) is 15.1. The predicted molar refractivity (Wildman–Crippen MR) is 128 cm³/mol. The van der Waals surface area contributed by atoms with E-state index in [-0.39, 0.29) is 10.6 Å². The average Bonchev–Trinajstić information content (AvgIpc) is 2.71. The highest BCUT2D eigenvalue weighted by molar-refractivity contribution is 7.93. The number of carbonyl (C=O) groups is 1. The van der Waals surface area contributed by atoms with E-state index < -0.39 is 22.5 Å². The molecule has 0 atom stereocenters. The second-order valence-corrected chi connectivity index (χ2v) is 9.84.